The predicted octanol–water partition coefficient (Wildman–Crippen LogP) is 3.49. The Morgan fingerprint density at radius 3 is 2.80 bits per heavy atom. The molecule has 2 aromatic rings. The number of aliphatic imine (C=N–C) groups is 1. The van der Waals surface area contributed by atoms with Crippen molar-refractivity contribution in [2.24, 2.45) is 4.99 Å². The highest BCUT2D eigenvalue weighted by atomic mass is 16.7. The molecule has 6 nitrogen and oxygen atoms in total. The number of ether oxygens (including phenoxy) is 3. The summed E-state index contributed by atoms with van der Waals surface area (Å²) in [6.45, 7) is 6.46. The number of benzene rings is 2. The summed E-state index contributed by atoms with van der Waals surface area (Å²) in [7, 11) is 0. The zero-order chi connectivity index (χ0) is 20.4. The van der Waals surface area contributed by atoms with Crippen LogP contribution in [0, 0.1) is 0 Å². The molecule has 158 valence electrons. The summed E-state index contributed by atoms with van der Waals surface area (Å²) < 4.78 is 16.9. The molecule has 0 atom stereocenters. The normalized spacial score (nSPS) is 19.6. The maximum atomic E-state index is 5.71. The first kappa shape index (κ1) is 19.2. The fourth-order valence-electron chi connectivity index (χ4n) is 4.71. The van der Waals surface area contributed by atoms with Crippen molar-refractivity contribution >= 4 is 11.6 Å². The van der Waals surface area contributed by atoms with Gasteiger partial charge in [0.15, 0.2) is 17.5 Å². The van der Waals surface area contributed by atoms with Crippen LogP contribution >= 0.6 is 0 Å². The summed E-state index contributed by atoms with van der Waals surface area (Å²) in [5.41, 5.74) is 3.86. The zero-order valence-corrected chi connectivity index (χ0v) is 17.5. The highest BCUT2D eigenvalue weighted by Gasteiger charge is 2.36. The third-order valence-electron chi connectivity index (χ3n) is 6.44. The molecule has 0 unspecified atom stereocenters. The number of hydrogen-bond acceptors (Lipinski definition) is 4. The van der Waals surface area contributed by atoms with Crippen LogP contribution in [0.4, 0.5) is 5.69 Å². The van der Waals surface area contributed by atoms with E-state index in [4.69, 9.17) is 19.2 Å². The van der Waals surface area contributed by atoms with E-state index in [0.717, 1.165) is 69.6 Å². The van der Waals surface area contributed by atoms with Crippen molar-refractivity contribution < 1.29 is 14.2 Å². The Bertz CT molecular complexity index is 937. The second kappa shape index (κ2) is 8.19. The molecule has 6 heteroatoms. The fourth-order valence-corrected chi connectivity index (χ4v) is 4.71. The lowest BCUT2D eigenvalue weighted by atomic mass is 9.74. The monoisotopic (exact) mass is 407 g/mol. The third-order valence-corrected chi connectivity index (χ3v) is 6.44. The first-order valence-electron chi connectivity index (χ1n) is 10.9. The van der Waals surface area contributed by atoms with Crippen LogP contribution in [0.25, 0.3) is 0 Å². The van der Waals surface area contributed by atoms with Crippen LogP contribution in [-0.4, -0.2) is 45.6 Å². The Morgan fingerprint density at radius 2 is 1.93 bits per heavy atom. The molecule has 0 bridgehead atoms. The minimum Gasteiger partial charge on any atom is -0.454 e. The van der Waals surface area contributed by atoms with Crippen LogP contribution in [-0.2, 0) is 16.6 Å². The van der Waals surface area contributed by atoms with Crippen molar-refractivity contribution in [1.82, 2.24) is 5.32 Å². The average molecular weight is 408 g/mol. The second-order valence-corrected chi connectivity index (χ2v) is 8.16. The minimum atomic E-state index is -0.0564. The van der Waals surface area contributed by atoms with E-state index < -0.39 is 0 Å². The van der Waals surface area contributed by atoms with Crippen molar-refractivity contribution in [2.75, 3.05) is 44.5 Å². The lowest BCUT2D eigenvalue weighted by Gasteiger charge is -2.37. The molecule has 0 aromatic heterocycles. The highest BCUT2D eigenvalue weighted by molar-refractivity contribution is 5.98. The van der Waals surface area contributed by atoms with E-state index in [9.17, 15) is 0 Å². The van der Waals surface area contributed by atoms with Gasteiger partial charge in [0.2, 0.25) is 6.79 Å². The summed E-state index contributed by atoms with van der Waals surface area (Å²) in [6.07, 6.45) is 2.96. The number of hydrogen-bond donors (Lipinski definition) is 1. The molecule has 5 rings (SSSR count). The molecule has 1 saturated heterocycles. The number of rotatable bonds is 4. The molecular formula is C24H29N3O3. The molecule has 0 radical (unpaired) electrons. The van der Waals surface area contributed by atoms with Crippen molar-refractivity contribution in [1.29, 1.82) is 0 Å². The number of guanidine groups is 1. The van der Waals surface area contributed by atoms with Gasteiger partial charge in [0.1, 0.15) is 0 Å². The Kier molecular flexibility index (Phi) is 5.25. The first-order valence-corrected chi connectivity index (χ1v) is 10.9. The molecular weight excluding hydrogens is 378 g/mol. The van der Waals surface area contributed by atoms with E-state index >= 15 is 0 Å². The van der Waals surface area contributed by atoms with Crippen LogP contribution < -0.4 is 19.7 Å². The predicted molar refractivity (Wildman–Crippen MR) is 118 cm³/mol. The molecule has 0 saturated carbocycles. The minimum absolute atomic E-state index is 0.0564. The average Bonchev–Trinajstić information content (AvgIpc) is 3.44. The van der Waals surface area contributed by atoms with Gasteiger partial charge in [-0.3, -0.25) is 4.99 Å². The van der Waals surface area contributed by atoms with Crippen LogP contribution in [0.1, 0.15) is 30.9 Å². The molecule has 0 amide bonds. The molecule has 3 aliphatic heterocycles. The van der Waals surface area contributed by atoms with Gasteiger partial charge in [0.25, 0.3) is 0 Å². The maximum absolute atomic E-state index is 5.71. The quantitative estimate of drug-likeness (QED) is 0.621. The van der Waals surface area contributed by atoms with Crippen LogP contribution in [0.3, 0.4) is 0 Å². The van der Waals surface area contributed by atoms with Gasteiger partial charge in [-0.15, -0.1) is 0 Å². The molecule has 1 fully saturated rings. The molecule has 1 N–H and O–H groups in total. The Hall–Kier alpha value is -2.73. The Labute approximate surface area is 177 Å². The van der Waals surface area contributed by atoms with Crippen LogP contribution in [0.15, 0.2) is 47.5 Å². The van der Waals surface area contributed by atoms with Gasteiger partial charge >= 0.3 is 0 Å². The number of nitrogens with zero attached hydrogens (tertiary/aromatic N) is 2. The number of para-hydroxylation sites is 1. The summed E-state index contributed by atoms with van der Waals surface area (Å²) in [5.74, 6) is 2.63. The van der Waals surface area contributed by atoms with Gasteiger partial charge in [0, 0.05) is 37.4 Å². The molecule has 2 aromatic carbocycles. The highest BCUT2D eigenvalue weighted by Crippen LogP contribution is 2.41. The Morgan fingerprint density at radius 1 is 1.10 bits per heavy atom. The molecule has 3 aliphatic rings. The van der Waals surface area contributed by atoms with Crippen LogP contribution in [0.5, 0.6) is 11.5 Å². The first-order chi connectivity index (χ1) is 14.8. The van der Waals surface area contributed by atoms with E-state index in [1.807, 2.05) is 6.07 Å². The summed E-state index contributed by atoms with van der Waals surface area (Å²) in [4.78, 5) is 7.49. The van der Waals surface area contributed by atoms with Crippen molar-refractivity contribution in [3.8, 4) is 11.5 Å². The molecule has 30 heavy (non-hydrogen) atoms. The molecule has 3 heterocycles. The van der Waals surface area contributed by atoms with Gasteiger partial charge in [0.05, 0.1) is 6.54 Å². The van der Waals surface area contributed by atoms with Crippen molar-refractivity contribution in [3.63, 3.8) is 0 Å². The lowest BCUT2D eigenvalue weighted by molar-refractivity contribution is 0.0530. The van der Waals surface area contributed by atoms with Crippen LogP contribution in [0.2, 0.25) is 0 Å². The maximum Gasteiger partial charge on any atom is 0.231 e. The van der Waals surface area contributed by atoms with E-state index in [1.54, 1.807) is 0 Å². The molecule has 0 spiro atoms. The summed E-state index contributed by atoms with van der Waals surface area (Å²) >= 11 is 0. The smallest absolute Gasteiger partial charge is 0.231 e. The molecule has 0 aliphatic carbocycles. The summed E-state index contributed by atoms with van der Waals surface area (Å²) in [6, 6.07) is 15.0. The number of fused-ring (bicyclic) bond motifs is 2. The van der Waals surface area contributed by atoms with E-state index in [0.29, 0.717) is 6.79 Å². The lowest BCUT2D eigenvalue weighted by Crippen LogP contribution is -2.43. The fraction of sp³-hybridized carbons (Fsp3) is 0.458. The topological polar surface area (TPSA) is 55.3 Å². The van der Waals surface area contributed by atoms with Gasteiger partial charge in [-0.2, -0.15) is 0 Å². The third kappa shape index (κ3) is 3.49. The van der Waals surface area contributed by atoms with Gasteiger partial charge in [-0.25, -0.2) is 0 Å². The van der Waals surface area contributed by atoms with Crippen molar-refractivity contribution in [3.05, 3.63) is 53.6 Å². The van der Waals surface area contributed by atoms with Gasteiger partial charge in [-0.05, 0) is 55.5 Å². The van der Waals surface area contributed by atoms with E-state index in [1.165, 1.54) is 16.8 Å². The van der Waals surface area contributed by atoms with Crippen molar-refractivity contribution in [2.45, 2.75) is 31.6 Å². The SMILES string of the molecule is CCNC(=NCC1(c2ccc3c(c2)OCO3)CCOCC1)N1CCc2ccccc21. The van der Waals surface area contributed by atoms with E-state index in [2.05, 4.69) is 53.5 Å². The number of nitrogens with one attached hydrogen (secondary N) is 1. The van der Waals surface area contributed by atoms with E-state index in [-0.39, 0.29) is 5.41 Å². The zero-order valence-electron chi connectivity index (χ0n) is 17.5. The van der Waals surface area contributed by atoms with Gasteiger partial charge < -0.3 is 24.4 Å². The van der Waals surface area contributed by atoms with Gasteiger partial charge in [-0.1, -0.05) is 24.3 Å². The standard InChI is InChI=1S/C24H29N3O3/c1-2-25-23(27-12-9-18-5-3-4-6-20(18)27)26-16-24(10-13-28-14-11-24)19-7-8-21-22(15-19)30-17-29-21/h3-8,15H,2,9-14,16-17H2,1H3,(H,25,26). The Balaban J connectivity index is 1.46. The number of anilines is 1. The summed E-state index contributed by atoms with van der Waals surface area (Å²) in [5, 5.41) is 3.52. The second-order valence-electron chi connectivity index (χ2n) is 8.16. The largest absolute Gasteiger partial charge is 0.454 e.